The Labute approximate surface area is 87.9 Å². The summed E-state index contributed by atoms with van der Waals surface area (Å²) in [5.41, 5.74) is 0. The van der Waals surface area contributed by atoms with Crippen molar-refractivity contribution in [1.82, 2.24) is 0 Å². The molecular formula is C13H24O. The minimum absolute atomic E-state index is 0.0202. The van der Waals surface area contributed by atoms with Gasteiger partial charge >= 0.3 is 0 Å². The predicted molar refractivity (Wildman–Crippen MR) is 59.0 cm³/mol. The fourth-order valence-corrected chi connectivity index (χ4v) is 3.51. The molecule has 2 aliphatic carbocycles. The molecule has 1 nitrogen and oxygen atoms in total. The second kappa shape index (κ2) is 4.22. The van der Waals surface area contributed by atoms with E-state index in [0.29, 0.717) is 0 Å². The highest BCUT2D eigenvalue weighted by atomic mass is 16.3. The number of hydrogen-bond acceptors (Lipinski definition) is 1. The summed E-state index contributed by atoms with van der Waals surface area (Å²) in [5.74, 6) is 3.63. The zero-order valence-corrected chi connectivity index (χ0v) is 9.58. The highest BCUT2D eigenvalue weighted by molar-refractivity contribution is 4.86. The zero-order chi connectivity index (χ0) is 10.1. The third-order valence-electron chi connectivity index (χ3n) is 4.57. The summed E-state index contributed by atoms with van der Waals surface area (Å²) in [6.45, 7) is 4.73. The molecule has 82 valence electrons. The third-order valence-corrected chi connectivity index (χ3v) is 4.57. The van der Waals surface area contributed by atoms with Gasteiger partial charge in [0.2, 0.25) is 0 Å². The van der Waals surface area contributed by atoms with Gasteiger partial charge in [-0.15, -0.1) is 0 Å². The standard InChI is InChI=1S/C13H24O/c1-9(2)10-3-4-12-8-13(14)6-5-11(12)7-10/h9-14H,3-8H2,1-2H3/t10-,11+,12+,13+/m0/s1. The van der Waals surface area contributed by atoms with E-state index in [0.717, 1.165) is 36.5 Å². The Bertz CT molecular complexity index is 188. The largest absolute Gasteiger partial charge is 0.393 e. The summed E-state index contributed by atoms with van der Waals surface area (Å²) in [6, 6.07) is 0. The van der Waals surface area contributed by atoms with E-state index in [-0.39, 0.29) is 6.10 Å². The third kappa shape index (κ3) is 2.13. The van der Waals surface area contributed by atoms with Crippen LogP contribution in [0.15, 0.2) is 0 Å². The maximum Gasteiger partial charge on any atom is 0.0543 e. The van der Waals surface area contributed by atoms with Crippen LogP contribution in [0.5, 0.6) is 0 Å². The minimum atomic E-state index is 0.0202. The zero-order valence-electron chi connectivity index (χ0n) is 9.58. The molecule has 0 aromatic carbocycles. The van der Waals surface area contributed by atoms with Crippen molar-refractivity contribution < 1.29 is 5.11 Å². The van der Waals surface area contributed by atoms with Crippen molar-refractivity contribution in [1.29, 1.82) is 0 Å². The fourth-order valence-electron chi connectivity index (χ4n) is 3.51. The van der Waals surface area contributed by atoms with Crippen LogP contribution in [0.3, 0.4) is 0 Å². The molecule has 0 amide bonds. The summed E-state index contributed by atoms with van der Waals surface area (Å²) in [5, 5.41) is 9.62. The Hall–Kier alpha value is -0.0400. The first-order valence-electron chi connectivity index (χ1n) is 6.35. The highest BCUT2D eigenvalue weighted by Crippen LogP contribution is 2.44. The molecule has 0 aromatic rings. The van der Waals surface area contributed by atoms with E-state index in [1.807, 2.05) is 0 Å². The summed E-state index contributed by atoms with van der Waals surface area (Å²) >= 11 is 0. The number of aliphatic hydroxyl groups is 1. The molecule has 2 saturated carbocycles. The smallest absolute Gasteiger partial charge is 0.0543 e. The van der Waals surface area contributed by atoms with E-state index in [4.69, 9.17) is 0 Å². The molecular weight excluding hydrogens is 172 g/mol. The summed E-state index contributed by atoms with van der Waals surface area (Å²) in [6.07, 6.45) is 7.69. The normalized spacial score (nSPS) is 43.7. The van der Waals surface area contributed by atoms with Gasteiger partial charge in [0, 0.05) is 0 Å². The van der Waals surface area contributed by atoms with Crippen molar-refractivity contribution in [3.8, 4) is 0 Å². The fraction of sp³-hybridized carbons (Fsp3) is 1.00. The summed E-state index contributed by atoms with van der Waals surface area (Å²) in [4.78, 5) is 0. The van der Waals surface area contributed by atoms with Crippen molar-refractivity contribution in [2.75, 3.05) is 0 Å². The van der Waals surface area contributed by atoms with Gasteiger partial charge in [-0.2, -0.15) is 0 Å². The SMILES string of the molecule is CC(C)[C@H]1CC[C@@H]2C[C@H](O)CC[C@@H]2C1. The van der Waals surface area contributed by atoms with Crippen molar-refractivity contribution >= 4 is 0 Å². The molecule has 0 unspecified atom stereocenters. The average molecular weight is 196 g/mol. The summed E-state index contributed by atoms with van der Waals surface area (Å²) < 4.78 is 0. The minimum Gasteiger partial charge on any atom is -0.393 e. The van der Waals surface area contributed by atoms with Crippen LogP contribution in [0, 0.1) is 23.7 Å². The van der Waals surface area contributed by atoms with Crippen LogP contribution in [-0.4, -0.2) is 11.2 Å². The van der Waals surface area contributed by atoms with Gasteiger partial charge in [-0.3, -0.25) is 0 Å². The molecule has 4 atom stereocenters. The molecule has 0 aromatic heterocycles. The Morgan fingerprint density at radius 2 is 1.57 bits per heavy atom. The molecule has 2 aliphatic rings. The van der Waals surface area contributed by atoms with Crippen LogP contribution in [0.4, 0.5) is 0 Å². The molecule has 0 aliphatic heterocycles. The van der Waals surface area contributed by atoms with Gasteiger partial charge in [0.1, 0.15) is 0 Å². The number of fused-ring (bicyclic) bond motifs is 1. The highest BCUT2D eigenvalue weighted by Gasteiger charge is 2.35. The molecule has 1 N–H and O–H groups in total. The van der Waals surface area contributed by atoms with Crippen LogP contribution in [0.2, 0.25) is 0 Å². The van der Waals surface area contributed by atoms with E-state index >= 15 is 0 Å². The van der Waals surface area contributed by atoms with Gasteiger partial charge in [-0.1, -0.05) is 13.8 Å². The molecule has 2 rings (SSSR count). The first-order chi connectivity index (χ1) is 6.66. The second-order valence-electron chi connectivity index (χ2n) is 5.80. The van der Waals surface area contributed by atoms with E-state index in [1.165, 1.54) is 25.7 Å². The lowest BCUT2D eigenvalue weighted by atomic mass is 9.65. The molecule has 0 heterocycles. The lowest BCUT2D eigenvalue weighted by Gasteiger charge is -2.42. The number of hydrogen-bond donors (Lipinski definition) is 1. The first-order valence-corrected chi connectivity index (χ1v) is 6.35. The maximum atomic E-state index is 9.62. The topological polar surface area (TPSA) is 20.2 Å². The Kier molecular flexibility index (Phi) is 3.16. The van der Waals surface area contributed by atoms with Gasteiger partial charge in [-0.05, 0) is 62.2 Å². The van der Waals surface area contributed by atoms with Crippen molar-refractivity contribution in [3.05, 3.63) is 0 Å². The van der Waals surface area contributed by atoms with Crippen LogP contribution in [0.25, 0.3) is 0 Å². The van der Waals surface area contributed by atoms with Crippen molar-refractivity contribution in [2.24, 2.45) is 23.7 Å². The van der Waals surface area contributed by atoms with E-state index < -0.39 is 0 Å². The Morgan fingerprint density at radius 3 is 2.29 bits per heavy atom. The van der Waals surface area contributed by atoms with Gasteiger partial charge in [0.05, 0.1) is 6.10 Å². The summed E-state index contributed by atoms with van der Waals surface area (Å²) in [7, 11) is 0. The van der Waals surface area contributed by atoms with E-state index in [1.54, 1.807) is 0 Å². The van der Waals surface area contributed by atoms with Gasteiger partial charge in [-0.25, -0.2) is 0 Å². The maximum absolute atomic E-state index is 9.62. The van der Waals surface area contributed by atoms with Crippen LogP contribution in [-0.2, 0) is 0 Å². The number of rotatable bonds is 1. The molecule has 0 spiro atoms. The lowest BCUT2D eigenvalue weighted by molar-refractivity contribution is 0.0282. The lowest BCUT2D eigenvalue weighted by Crippen LogP contribution is -2.34. The van der Waals surface area contributed by atoms with E-state index in [2.05, 4.69) is 13.8 Å². The van der Waals surface area contributed by atoms with Gasteiger partial charge < -0.3 is 5.11 Å². The van der Waals surface area contributed by atoms with Gasteiger partial charge in [0.25, 0.3) is 0 Å². The second-order valence-corrected chi connectivity index (χ2v) is 5.80. The molecule has 0 bridgehead atoms. The quantitative estimate of drug-likeness (QED) is 0.682. The molecule has 0 radical (unpaired) electrons. The van der Waals surface area contributed by atoms with Crippen LogP contribution in [0.1, 0.15) is 52.4 Å². The monoisotopic (exact) mass is 196 g/mol. The van der Waals surface area contributed by atoms with Crippen LogP contribution < -0.4 is 0 Å². The number of aliphatic hydroxyl groups excluding tert-OH is 1. The van der Waals surface area contributed by atoms with Crippen molar-refractivity contribution in [3.63, 3.8) is 0 Å². The predicted octanol–water partition coefficient (Wildman–Crippen LogP) is 3.22. The van der Waals surface area contributed by atoms with Crippen LogP contribution >= 0.6 is 0 Å². The Morgan fingerprint density at radius 1 is 0.929 bits per heavy atom. The molecule has 2 fully saturated rings. The first kappa shape index (κ1) is 10.5. The molecule has 1 heteroatoms. The molecule has 0 saturated heterocycles. The average Bonchev–Trinajstić information content (AvgIpc) is 2.16. The van der Waals surface area contributed by atoms with Crippen molar-refractivity contribution in [2.45, 2.75) is 58.5 Å². The van der Waals surface area contributed by atoms with E-state index in [9.17, 15) is 5.11 Å². The van der Waals surface area contributed by atoms with Gasteiger partial charge in [0.15, 0.2) is 0 Å². The molecule has 14 heavy (non-hydrogen) atoms. The Balaban J connectivity index is 1.91.